The van der Waals surface area contributed by atoms with Gasteiger partial charge in [-0.1, -0.05) is 42.5 Å². The van der Waals surface area contributed by atoms with Gasteiger partial charge in [0, 0.05) is 0 Å². The van der Waals surface area contributed by atoms with Crippen LogP contribution in [0.5, 0.6) is 5.75 Å². The molecule has 0 amide bonds. The maximum Gasteiger partial charge on any atom is 0.494 e. The molecular formula is C21H25BO5. The van der Waals surface area contributed by atoms with Gasteiger partial charge in [-0.3, -0.25) is 0 Å². The van der Waals surface area contributed by atoms with Crippen LogP contribution in [0.25, 0.3) is 0 Å². The van der Waals surface area contributed by atoms with Crippen molar-refractivity contribution in [3.05, 3.63) is 60.2 Å². The zero-order valence-corrected chi connectivity index (χ0v) is 16.2. The molecule has 0 aromatic heterocycles. The Bertz CT molecular complexity index is 755. The molecule has 0 atom stereocenters. The molecule has 5 nitrogen and oxygen atoms in total. The zero-order chi connectivity index (χ0) is 19.5. The van der Waals surface area contributed by atoms with E-state index < -0.39 is 13.1 Å². The fraction of sp³-hybridized carbons (Fsp3) is 0.381. The van der Waals surface area contributed by atoms with Crippen molar-refractivity contribution in [2.45, 2.75) is 45.5 Å². The van der Waals surface area contributed by atoms with Gasteiger partial charge < -0.3 is 18.8 Å². The second kappa shape index (κ2) is 7.75. The van der Waals surface area contributed by atoms with Crippen molar-refractivity contribution >= 4 is 18.6 Å². The lowest BCUT2D eigenvalue weighted by atomic mass is 9.79. The highest BCUT2D eigenvalue weighted by Gasteiger charge is 2.51. The fourth-order valence-corrected chi connectivity index (χ4v) is 2.62. The minimum Gasteiger partial charge on any atom is -0.482 e. The molecule has 142 valence electrons. The highest BCUT2D eigenvalue weighted by Crippen LogP contribution is 2.36. The molecule has 1 fully saturated rings. The van der Waals surface area contributed by atoms with E-state index in [2.05, 4.69) is 0 Å². The van der Waals surface area contributed by atoms with Crippen LogP contribution in [0.15, 0.2) is 54.6 Å². The molecule has 3 rings (SSSR count). The van der Waals surface area contributed by atoms with E-state index in [0.717, 1.165) is 11.0 Å². The minimum absolute atomic E-state index is 0.136. The smallest absolute Gasteiger partial charge is 0.482 e. The molecule has 2 aromatic rings. The van der Waals surface area contributed by atoms with Crippen molar-refractivity contribution < 1.29 is 23.6 Å². The lowest BCUT2D eigenvalue weighted by Gasteiger charge is -2.32. The summed E-state index contributed by atoms with van der Waals surface area (Å²) < 4.78 is 22.7. The summed E-state index contributed by atoms with van der Waals surface area (Å²) in [5.74, 6) is 0.181. The molecule has 1 heterocycles. The Morgan fingerprint density at radius 2 is 1.52 bits per heavy atom. The fourth-order valence-electron chi connectivity index (χ4n) is 2.62. The molecule has 1 aliphatic heterocycles. The molecule has 0 N–H and O–H groups in total. The summed E-state index contributed by atoms with van der Waals surface area (Å²) in [4.78, 5) is 11.8. The number of esters is 1. The maximum absolute atomic E-state index is 11.8. The van der Waals surface area contributed by atoms with Gasteiger partial charge in [0.1, 0.15) is 12.4 Å². The molecule has 2 aromatic carbocycles. The summed E-state index contributed by atoms with van der Waals surface area (Å²) in [5.41, 5.74) is 1.09. The molecule has 0 radical (unpaired) electrons. The predicted octanol–water partition coefficient (Wildman–Crippen LogP) is 3.11. The van der Waals surface area contributed by atoms with E-state index in [0.29, 0.717) is 5.75 Å². The van der Waals surface area contributed by atoms with Crippen molar-refractivity contribution in [1.29, 1.82) is 0 Å². The van der Waals surface area contributed by atoms with Gasteiger partial charge in [0.05, 0.1) is 11.2 Å². The third-order valence-corrected chi connectivity index (χ3v) is 5.00. The Balaban J connectivity index is 1.49. The van der Waals surface area contributed by atoms with Gasteiger partial charge in [-0.15, -0.1) is 0 Å². The molecule has 6 heteroatoms. The average molecular weight is 368 g/mol. The number of carbonyl (C=O) groups excluding carboxylic acids is 1. The summed E-state index contributed by atoms with van der Waals surface area (Å²) in [5, 5.41) is 0. The molecule has 1 aliphatic rings. The van der Waals surface area contributed by atoms with E-state index in [-0.39, 0.29) is 24.4 Å². The Kier molecular flexibility index (Phi) is 5.58. The van der Waals surface area contributed by atoms with Crippen molar-refractivity contribution in [1.82, 2.24) is 0 Å². The molecule has 0 aliphatic carbocycles. The molecule has 1 saturated heterocycles. The monoisotopic (exact) mass is 368 g/mol. The molecule has 0 bridgehead atoms. The third-order valence-electron chi connectivity index (χ3n) is 5.00. The van der Waals surface area contributed by atoms with Crippen LogP contribution in [-0.2, 0) is 25.4 Å². The van der Waals surface area contributed by atoms with Crippen molar-refractivity contribution in [2.24, 2.45) is 0 Å². The predicted molar refractivity (Wildman–Crippen MR) is 104 cm³/mol. The lowest BCUT2D eigenvalue weighted by molar-refractivity contribution is -0.147. The number of benzene rings is 2. The van der Waals surface area contributed by atoms with E-state index in [1.165, 1.54) is 0 Å². The summed E-state index contributed by atoms with van der Waals surface area (Å²) in [7, 11) is -0.417. The van der Waals surface area contributed by atoms with Gasteiger partial charge in [-0.25, -0.2) is 4.79 Å². The molecule has 0 spiro atoms. The Morgan fingerprint density at radius 1 is 0.926 bits per heavy atom. The van der Waals surface area contributed by atoms with Crippen LogP contribution < -0.4 is 10.2 Å². The average Bonchev–Trinajstić information content (AvgIpc) is 2.87. The van der Waals surface area contributed by atoms with Crippen LogP contribution in [0.3, 0.4) is 0 Å². The summed E-state index contributed by atoms with van der Waals surface area (Å²) in [6.45, 7) is 8.18. The number of ether oxygens (including phenoxy) is 2. The Hall–Kier alpha value is -2.31. The van der Waals surface area contributed by atoms with Crippen LogP contribution >= 0.6 is 0 Å². The largest absolute Gasteiger partial charge is 0.494 e. The first-order valence-electron chi connectivity index (χ1n) is 9.05. The van der Waals surface area contributed by atoms with E-state index in [1.807, 2.05) is 70.2 Å². The molecular weight excluding hydrogens is 343 g/mol. The van der Waals surface area contributed by atoms with E-state index >= 15 is 0 Å². The van der Waals surface area contributed by atoms with E-state index in [1.54, 1.807) is 12.1 Å². The highest BCUT2D eigenvalue weighted by molar-refractivity contribution is 6.62. The number of hydrogen-bond donors (Lipinski definition) is 0. The van der Waals surface area contributed by atoms with Gasteiger partial charge in [0.15, 0.2) is 6.61 Å². The maximum atomic E-state index is 11.8. The molecule has 0 unspecified atom stereocenters. The second-order valence-corrected chi connectivity index (χ2v) is 7.59. The van der Waals surface area contributed by atoms with Gasteiger partial charge >= 0.3 is 13.1 Å². The minimum atomic E-state index is -0.417. The van der Waals surface area contributed by atoms with Crippen LogP contribution in [0.2, 0.25) is 0 Å². The van der Waals surface area contributed by atoms with Crippen LogP contribution in [0.4, 0.5) is 0 Å². The van der Waals surface area contributed by atoms with Gasteiger partial charge in [0.25, 0.3) is 0 Å². The standard InChI is InChI=1S/C21H25BO5/c1-20(2)21(3,4)27-22(26-20)17-10-12-18(13-11-17)24-15-19(23)25-14-16-8-6-5-7-9-16/h5-13H,14-15H2,1-4H3. The van der Waals surface area contributed by atoms with Crippen LogP contribution in [0, 0.1) is 0 Å². The molecule has 27 heavy (non-hydrogen) atoms. The normalized spacial score (nSPS) is 17.6. The first-order valence-corrected chi connectivity index (χ1v) is 9.05. The summed E-state index contributed by atoms with van der Waals surface area (Å²) in [6, 6.07) is 16.9. The first-order chi connectivity index (χ1) is 12.8. The highest BCUT2D eigenvalue weighted by atomic mass is 16.7. The second-order valence-electron chi connectivity index (χ2n) is 7.59. The first kappa shape index (κ1) is 19.5. The van der Waals surface area contributed by atoms with Crippen molar-refractivity contribution in [3.63, 3.8) is 0 Å². The zero-order valence-electron chi connectivity index (χ0n) is 16.2. The third kappa shape index (κ3) is 4.70. The van der Waals surface area contributed by atoms with Crippen molar-refractivity contribution in [3.8, 4) is 5.75 Å². The van der Waals surface area contributed by atoms with E-state index in [4.69, 9.17) is 18.8 Å². The van der Waals surface area contributed by atoms with Gasteiger partial charge in [-0.2, -0.15) is 0 Å². The topological polar surface area (TPSA) is 54.0 Å². The SMILES string of the molecule is CC1(C)OB(c2ccc(OCC(=O)OCc3ccccc3)cc2)OC1(C)C. The Labute approximate surface area is 160 Å². The number of hydrogen-bond acceptors (Lipinski definition) is 5. The van der Waals surface area contributed by atoms with Crippen LogP contribution in [0.1, 0.15) is 33.3 Å². The van der Waals surface area contributed by atoms with Gasteiger partial charge in [0.2, 0.25) is 0 Å². The Morgan fingerprint density at radius 3 is 2.11 bits per heavy atom. The number of rotatable bonds is 6. The lowest BCUT2D eigenvalue weighted by Crippen LogP contribution is -2.41. The van der Waals surface area contributed by atoms with Crippen LogP contribution in [-0.4, -0.2) is 30.9 Å². The van der Waals surface area contributed by atoms with Crippen molar-refractivity contribution in [2.75, 3.05) is 6.61 Å². The summed E-state index contributed by atoms with van der Waals surface area (Å²) >= 11 is 0. The number of carbonyl (C=O) groups is 1. The molecule has 0 saturated carbocycles. The summed E-state index contributed by atoms with van der Waals surface area (Å²) in [6.07, 6.45) is 0. The quantitative estimate of drug-likeness (QED) is 0.579. The van der Waals surface area contributed by atoms with E-state index in [9.17, 15) is 4.79 Å². The van der Waals surface area contributed by atoms with Gasteiger partial charge in [-0.05, 0) is 50.9 Å².